The molecule has 6 rings (SSSR count). The van der Waals surface area contributed by atoms with E-state index in [2.05, 4.69) is 19.4 Å². The molecule has 0 unspecified atom stereocenters. The number of aromatic nitrogens is 3. The van der Waals surface area contributed by atoms with Crippen molar-refractivity contribution in [3.05, 3.63) is 108 Å². The van der Waals surface area contributed by atoms with Crippen LogP contribution in [0.5, 0.6) is 0 Å². The van der Waals surface area contributed by atoms with Gasteiger partial charge in [-0.25, -0.2) is 4.79 Å². The second-order valence-corrected chi connectivity index (χ2v) is 9.81. The van der Waals surface area contributed by atoms with Gasteiger partial charge in [-0.1, -0.05) is 54.6 Å². The van der Waals surface area contributed by atoms with Crippen molar-refractivity contribution in [3.63, 3.8) is 0 Å². The molecule has 6 aromatic rings. The summed E-state index contributed by atoms with van der Waals surface area (Å²) in [6.45, 7) is 0. The number of carboxylic acid groups (broad SMARTS) is 1. The van der Waals surface area contributed by atoms with Gasteiger partial charge in [-0.05, 0) is 34.9 Å². The Morgan fingerprint density at radius 3 is 1.60 bits per heavy atom. The normalized spacial score (nSPS) is 10.4. The Morgan fingerprint density at radius 1 is 0.622 bits per heavy atom. The van der Waals surface area contributed by atoms with Crippen LogP contribution < -0.4 is 0 Å². The minimum absolute atomic E-state index is 0.0734. The minimum atomic E-state index is -0.801. The zero-order valence-corrected chi connectivity index (χ0v) is 25.0. The van der Waals surface area contributed by atoms with E-state index in [0.29, 0.717) is 11.9 Å². The Hall–Kier alpha value is -5.84. The molecular weight excluding hydrogens is 578 g/mol. The van der Waals surface area contributed by atoms with Gasteiger partial charge in [-0.3, -0.25) is 19.0 Å². The molecule has 3 aromatic carbocycles. The topological polar surface area (TPSA) is 153 Å². The van der Waals surface area contributed by atoms with Gasteiger partial charge in [0.2, 0.25) is 0 Å². The molecule has 0 radical (unpaired) electrons. The number of ether oxygens (including phenoxy) is 3. The number of esters is 2. The number of hydrogen-bond acceptors (Lipinski definition) is 7. The fourth-order valence-electron chi connectivity index (χ4n) is 4.81. The number of nitrogens with one attached hydrogen (secondary N) is 2. The lowest BCUT2D eigenvalue weighted by atomic mass is 10.1. The number of aliphatic carboxylic acids is 1. The maximum atomic E-state index is 11.6. The standard InChI is InChI=1S/C13H13NO4.C11H11NO2.C10H9NO2/c1-17-12(15)7-9-8-14(13(16)18-2)11-6-4-3-5-10(9)11;1-14-11(13)6-8-7-12-10-5-3-2-4-9(8)10;12-10(13)5-7-6-11-9-4-2-1-3-8(7)9/h3-6,8H,7H2,1-2H3;2-5,7,12H,6H2,1H3;1-4,6,11H,5H2,(H,12,13). The second-order valence-electron chi connectivity index (χ2n) is 9.81. The summed E-state index contributed by atoms with van der Waals surface area (Å²) in [5, 5.41) is 11.5. The number of H-pyrrole nitrogens is 2. The van der Waals surface area contributed by atoms with Gasteiger partial charge in [0.1, 0.15) is 0 Å². The number of rotatable bonds is 6. The molecule has 45 heavy (non-hydrogen) atoms. The van der Waals surface area contributed by atoms with Crippen LogP contribution in [0.15, 0.2) is 91.4 Å². The van der Waals surface area contributed by atoms with Crippen molar-refractivity contribution in [2.24, 2.45) is 0 Å². The van der Waals surface area contributed by atoms with Crippen LogP contribution >= 0.6 is 0 Å². The number of benzene rings is 3. The summed E-state index contributed by atoms with van der Waals surface area (Å²) < 4.78 is 15.3. The van der Waals surface area contributed by atoms with E-state index in [-0.39, 0.29) is 24.8 Å². The maximum absolute atomic E-state index is 11.6. The van der Waals surface area contributed by atoms with Crippen LogP contribution in [0.1, 0.15) is 16.7 Å². The summed E-state index contributed by atoms with van der Waals surface area (Å²) >= 11 is 0. The van der Waals surface area contributed by atoms with Crippen LogP contribution in [0.3, 0.4) is 0 Å². The number of hydrogen-bond donors (Lipinski definition) is 3. The van der Waals surface area contributed by atoms with Crippen molar-refractivity contribution in [1.82, 2.24) is 14.5 Å². The third-order valence-electron chi connectivity index (χ3n) is 6.98. The number of aromatic amines is 2. The predicted octanol–water partition coefficient (Wildman–Crippen LogP) is 5.65. The van der Waals surface area contributed by atoms with Gasteiger partial charge in [-0.2, -0.15) is 0 Å². The van der Waals surface area contributed by atoms with Crippen molar-refractivity contribution in [2.75, 3.05) is 21.3 Å². The summed E-state index contributed by atoms with van der Waals surface area (Å²) in [5.74, 6) is -1.36. The van der Waals surface area contributed by atoms with Crippen LogP contribution in [0.25, 0.3) is 32.7 Å². The van der Waals surface area contributed by atoms with Gasteiger partial charge in [0.25, 0.3) is 0 Å². The van der Waals surface area contributed by atoms with Crippen LogP contribution in [0.2, 0.25) is 0 Å². The molecule has 11 nitrogen and oxygen atoms in total. The fraction of sp³-hybridized carbons (Fsp3) is 0.176. The lowest BCUT2D eigenvalue weighted by Crippen LogP contribution is -2.10. The Morgan fingerprint density at radius 2 is 1.09 bits per heavy atom. The van der Waals surface area contributed by atoms with E-state index in [0.717, 1.165) is 43.9 Å². The first-order chi connectivity index (χ1) is 21.7. The summed E-state index contributed by atoms with van der Waals surface area (Å²) in [6, 6.07) is 22.9. The molecule has 0 aliphatic rings. The highest BCUT2D eigenvalue weighted by atomic mass is 16.5. The van der Waals surface area contributed by atoms with Crippen molar-refractivity contribution in [2.45, 2.75) is 19.3 Å². The number of para-hydroxylation sites is 3. The zero-order chi connectivity index (χ0) is 32.3. The van der Waals surface area contributed by atoms with Crippen LogP contribution in [0.4, 0.5) is 4.79 Å². The monoisotopic (exact) mass is 611 g/mol. The molecule has 0 aliphatic carbocycles. The summed E-state index contributed by atoms with van der Waals surface area (Å²) in [4.78, 5) is 50.7. The van der Waals surface area contributed by atoms with Crippen LogP contribution in [-0.2, 0) is 47.9 Å². The summed E-state index contributed by atoms with van der Waals surface area (Å²) in [5.41, 5.74) is 5.30. The highest BCUT2D eigenvalue weighted by Gasteiger charge is 2.15. The Balaban J connectivity index is 0.000000156. The van der Waals surface area contributed by atoms with E-state index >= 15 is 0 Å². The van der Waals surface area contributed by atoms with Gasteiger partial charge in [0.05, 0.1) is 46.1 Å². The van der Waals surface area contributed by atoms with Gasteiger partial charge in [-0.15, -0.1) is 0 Å². The predicted molar refractivity (Wildman–Crippen MR) is 169 cm³/mol. The smallest absolute Gasteiger partial charge is 0.418 e. The molecule has 0 fully saturated rings. The van der Waals surface area contributed by atoms with E-state index in [4.69, 9.17) is 9.84 Å². The third kappa shape index (κ3) is 7.96. The highest BCUT2D eigenvalue weighted by molar-refractivity contribution is 5.94. The Kier molecular flexibility index (Phi) is 10.7. The van der Waals surface area contributed by atoms with E-state index < -0.39 is 12.1 Å². The molecule has 3 aromatic heterocycles. The van der Waals surface area contributed by atoms with E-state index in [1.807, 2.05) is 72.9 Å². The van der Waals surface area contributed by atoms with E-state index in [9.17, 15) is 19.2 Å². The van der Waals surface area contributed by atoms with Gasteiger partial charge < -0.3 is 29.3 Å². The van der Waals surface area contributed by atoms with Crippen LogP contribution in [-0.4, -0.2) is 65.0 Å². The SMILES string of the molecule is COC(=O)Cc1c[nH]c2ccccc12.COC(=O)Cc1cn(C(=O)OC)c2ccccc12.O=C(O)Cc1c[nH]c2ccccc12. The minimum Gasteiger partial charge on any atom is -0.481 e. The third-order valence-corrected chi connectivity index (χ3v) is 6.98. The first-order valence-corrected chi connectivity index (χ1v) is 13.9. The maximum Gasteiger partial charge on any atom is 0.418 e. The molecule has 0 amide bonds. The molecule has 0 spiro atoms. The number of fused-ring (bicyclic) bond motifs is 3. The van der Waals surface area contributed by atoms with E-state index in [1.54, 1.807) is 18.5 Å². The van der Waals surface area contributed by atoms with Crippen molar-refractivity contribution < 1.29 is 38.5 Å². The number of carbonyl (C=O) groups excluding carboxylic acids is 3. The molecule has 3 N–H and O–H groups in total. The largest absolute Gasteiger partial charge is 0.481 e. The summed E-state index contributed by atoms with van der Waals surface area (Å²) in [7, 11) is 4.05. The first-order valence-electron chi connectivity index (χ1n) is 13.9. The average molecular weight is 612 g/mol. The molecule has 0 saturated carbocycles. The van der Waals surface area contributed by atoms with Crippen molar-refractivity contribution >= 4 is 56.7 Å². The lowest BCUT2D eigenvalue weighted by molar-refractivity contribution is -0.140. The van der Waals surface area contributed by atoms with Gasteiger partial charge >= 0.3 is 24.0 Å². The average Bonchev–Trinajstić information content (AvgIpc) is 3.77. The molecule has 11 heteroatoms. The quantitative estimate of drug-likeness (QED) is 0.161. The molecule has 0 aliphatic heterocycles. The second kappa shape index (κ2) is 15.1. The Labute approximate surface area is 258 Å². The lowest BCUT2D eigenvalue weighted by Gasteiger charge is -2.00. The molecule has 0 bridgehead atoms. The fourth-order valence-corrected chi connectivity index (χ4v) is 4.81. The molecular formula is C34H33N3O8. The summed E-state index contributed by atoms with van der Waals surface area (Å²) in [6.07, 6.45) is 5.24. The number of carboxylic acids is 1. The zero-order valence-electron chi connectivity index (χ0n) is 25.0. The number of methoxy groups -OCH3 is 3. The van der Waals surface area contributed by atoms with E-state index in [1.165, 1.54) is 25.9 Å². The van der Waals surface area contributed by atoms with Crippen molar-refractivity contribution in [3.8, 4) is 0 Å². The van der Waals surface area contributed by atoms with Gasteiger partial charge in [0, 0.05) is 45.8 Å². The Bertz CT molecular complexity index is 1950. The van der Waals surface area contributed by atoms with Crippen LogP contribution in [0, 0.1) is 0 Å². The molecule has 3 heterocycles. The molecule has 232 valence electrons. The first kappa shape index (κ1) is 32.1. The molecule has 0 saturated heterocycles. The van der Waals surface area contributed by atoms with Crippen molar-refractivity contribution in [1.29, 1.82) is 0 Å². The highest BCUT2D eigenvalue weighted by Crippen LogP contribution is 2.22. The van der Waals surface area contributed by atoms with Gasteiger partial charge in [0.15, 0.2) is 0 Å². The molecule has 0 atom stereocenters. The number of nitrogens with zero attached hydrogens (tertiary/aromatic N) is 1. The number of carbonyl (C=O) groups is 4.